The zero-order chi connectivity index (χ0) is 14.8. The van der Waals surface area contributed by atoms with Gasteiger partial charge in [-0.05, 0) is 18.1 Å². The second-order valence-corrected chi connectivity index (χ2v) is 4.35. The van der Waals surface area contributed by atoms with Crippen LogP contribution in [0.15, 0.2) is 22.8 Å². The number of rotatable bonds is 2. The molecule has 3 aromatic rings. The molecule has 0 unspecified atom stereocenters. The number of anilines is 1. The SMILES string of the molecule is Cn1c(-c2ccco2)nc2c(N)nc(C#CCCO)nc21. The van der Waals surface area contributed by atoms with Gasteiger partial charge in [0, 0.05) is 13.5 Å². The minimum atomic E-state index is -0.000914. The number of imidazole rings is 1. The van der Waals surface area contributed by atoms with E-state index in [4.69, 9.17) is 15.3 Å². The van der Waals surface area contributed by atoms with Crippen LogP contribution in [0.3, 0.4) is 0 Å². The highest BCUT2D eigenvalue weighted by Crippen LogP contribution is 2.25. The minimum absolute atomic E-state index is 0.000914. The Morgan fingerprint density at radius 1 is 1.38 bits per heavy atom. The molecule has 3 rings (SSSR count). The van der Waals surface area contributed by atoms with E-state index in [1.165, 1.54) is 0 Å². The van der Waals surface area contributed by atoms with Gasteiger partial charge in [-0.2, -0.15) is 0 Å². The van der Waals surface area contributed by atoms with E-state index in [1.54, 1.807) is 16.9 Å². The quantitative estimate of drug-likeness (QED) is 0.678. The van der Waals surface area contributed by atoms with Crippen LogP contribution in [0.1, 0.15) is 12.2 Å². The standard InChI is InChI=1S/C14H13N5O2/c1-19-13(9-5-4-8-21-9)18-11-12(15)16-10(17-14(11)19)6-2-3-7-20/h4-5,8,20H,3,7H2,1H3,(H2,15,16,17). The Kier molecular flexibility index (Phi) is 3.30. The number of hydrogen-bond donors (Lipinski definition) is 2. The number of aromatic nitrogens is 4. The summed E-state index contributed by atoms with van der Waals surface area (Å²) in [7, 11) is 1.82. The van der Waals surface area contributed by atoms with Crippen molar-refractivity contribution in [3.05, 3.63) is 24.2 Å². The molecule has 0 aliphatic rings. The van der Waals surface area contributed by atoms with E-state index in [0.717, 1.165) is 0 Å². The van der Waals surface area contributed by atoms with Crippen LogP contribution in [0.25, 0.3) is 22.7 Å². The summed E-state index contributed by atoms with van der Waals surface area (Å²) in [4.78, 5) is 12.9. The molecule has 3 N–H and O–H groups in total. The van der Waals surface area contributed by atoms with Crippen molar-refractivity contribution in [2.24, 2.45) is 7.05 Å². The monoisotopic (exact) mass is 283 g/mol. The molecule has 0 amide bonds. The van der Waals surface area contributed by atoms with E-state index >= 15 is 0 Å². The molecule has 106 valence electrons. The van der Waals surface area contributed by atoms with Crippen molar-refractivity contribution in [2.75, 3.05) is 12.3 Å². The minimum Gasteiger partial charge on any atom is -0.461 e. The summed E-state index contributed by atoms with van der Waals surface area (Å²) in [6.07, 6.45) is 1.94. The Labute approximate surface area is 120 Å². The second kappa shape index (κ2) is 5.26. The molecule has 21 heavy (non-hydrogen) atoms. The molecule has 0 atom stereocenters. The molecule has 0 bridgehead atoms. The largest absolute Gasteiger partial charge is 0.461 e. The zero-order valence-electron chi connectivity index (χ0n) is 11.4. The molecule has 0 aliphatic carbocycles. The van der Waals surface area contributed by atoms with Crippen LogP contribution in [-0.4, -0.2) is 31.2 Å². The van der Waals surface area contributed by atoms with Crippen LogP contribution in [0.2, 0.25) is 0 Å². The Morgan fingerprint density at radius 2 is 2.24 bits per heavy atom. The molecule has 7 nitrogen and oxygen atoms in total. The molecule has 0 radical (unpaired) electrons. The van der Waals surface area contributed by atoms with Crippen LogP contribution in [0.5, 0.6) is 0 Å². The van der Waals surface area contributed by atoms with Crippen molar-refractivity contribution < 1.29 is 9.52 Å². The van der Waals surface area contributed by atoms with Gasteiger partial charge in [0.15, 0.2) is 28.6 Å². The van der Waals surface area contributed by atoms with Gasteiger partial charge in [-0.25, -0.2) is 15.0 Å². The van der Waals surface area contributed by atoms with Gasteiger partial charge < -0.3 is 19.8 Å². The van der Waals surface area contributed by atoms with Crippen molar-refractivity contribution in [2.45, 2.75) is 6.42 Å². The summed E-state index contributed by atoms with van der Waals surface area (Å²) >= 11 is 0. The topological polar surface area (TPSA) is 103 Å². The number of nitrogens with two attached hydrogens (primary N) is 1. The van der Waals surface area contributed by atoms with Gasteiger partial charge in [0.1, 0.15) is 0 Å². The lowest BCUT2D eigenvalue weighted by Gasteiger charge is -1.99. The first-order chi connectivity index (χ1) is 10.2. The van der Waals surface area contributed by atoms with Gasteiger partial charge >= 0.3 is 0 Å². The number of nitrogens with zero attached hydrogens (tertiary/aromatic N) is 4. The summed E-state index contributed by atoms with van der Waals surface area (Å²) < 4.78 is 7.13. The summed E-state index contributed by atoms with van der Waals surface area (Å²) in [5.74, 6) is 7.36. The molecular formula is C14H13N5O2. The molecule has 3 heterocycles. The van der Waals surface area contributed by atoms with Crippen molar-refractivity contribution >= 4 is 17.0 Å². The molecule has 0 spiro atoms. The molecule has 0 saturated carbocycles. The third-order valence-corrected chi connectivity index (χ3v) is 2.92. The lowest BCUT2D eigenvalue weighted by molar-refractivity contribution is 0.305. The van der Waals surface area contributed by atoms with Crippen LogP contribution < -0.4 is 5.73 Å². The number of fused-ring (bicyclic) bond motifs is 1. The summed E-state index contributed by atoms with van der Waals surface area (Å²) in [6.45, 7) is -0.000914. The highest BCUT2D eigenvalue weighted by molar-refractivity contribution is 5.85. The van der Waals surface area contributed by atoms with Crippen LogP contribution in [0.4, 0.5) is 5.82 Å². The van der Waals surface area contributed by atoms with E-state index < -0.39 is 0 Å². The Morgan fingerprint density at radius 3 is 2.95 bits per heavy atom. The van der Waals surface area contributed by atoms with Gasteiger partial charge in [-0.3, -0.25) is 0 Å². The van der Waals surface area contributed by atoms with Crippen molar-refractivity contribution in [1.82, 2.24) is 19.5 Å². The maximum Gasteiger partial charge on any atom is 0.208 e. The molecular weight excluding hydrogens is 270 g/mol. The third-order valence-electron chi connectivity index (χ3n) is 2.92. The van der Waals surface area contributed by atoms with Crippen molar-refractivity contribution in [1.29, 1.82) is 0 Å². The maximum atomic E-state index is 8.73. The fourth-order valence-corrected chi connectivity index (χ4v) is 1.96. The van der Waals surface area contributed by atoms with Gasteiger partial charge in [0.05, 0.1) is 12.9 Å². The average molecular weight is 283 g/mol. The Balaban J connectivity index is 2.15. The average Bonchev–Trinajstić information content (AvgIpc) is 3.08. The molecule has 0 saturated heterocycles. The van der Waals surface area contributed by atoms with Crippen molar-refractivity contribution in [3.63, 3.8) is 0 Å². The molecule has 0 aromatic carbocycles. The van der Waals surface area contributed by atoms with Crippen LogP contribution in [0, 0.1) is 11.8 Å². The fourth-order valence-electron chi connectivity index (χ4n) is 1.96. The molecule has 3 aromatic heterocycles. The molecule has 0 aliphatic heterocycles. The fraction of sp³-hybridized carbons (Fsp3) is 0.214. The lowest BCUT2D eigenvalue weighted by Crippen LogP contribution is -2.00. The number of hydrogen-bond acceptors (Lipinski definition) is 6. The number of aryl methyl sites for hydroxylation is 1. The third kappa shape index (κ3) is 2.32. The second-order valence-electron chi connectivity index (χ2n) is 4.35. The first-order valence-corrected chi connectivity index (χ1v) is 6.34. The Bertz CT molecular complexity index is 840. The highest BCUT2D eigenvalue weighted by atomic mass is 16.3. The number of nitrogen functional groups attached to an aromatic ring is 1. The predicted molar refractivity (Wildman–Crippen MR) is 77.0 cm³/mol. The summed E-state index contributed by atoms with van der Waals surface area (Å²) in [6, 6.07) is 3.60. The number of furan rings is 1. The number of aliphatic hydroxyl groups excluding tert-OH is 1. The van der Waals surface area contributed by atoms with E-state index in [9.17, 15) is 0 Å². The zero-order valence-corrected chi connectivity index (χ0v) is 11.4. The first kappa shape index (κ1) is 13.1. The van der Waals surface area contributed by atoms with E-state index in [-0.39, 0.29) is 12.4 Å². The van der Waals surface area contributed by atoms with E-state index in [2.05, 4.69) is 26.8 Å². The van der Waals surface area contributed by atoms with Gasteiger partial charge in [-0.15, -0.1) is 0 Å². The highest BCUT2D eigenvalue weighted by Gasteiger charge is 2.16. The van der Waals surface area contributed by atoms with Gasteiger partial charge in [0.2, 0.25) is 5.82 Å². The predicted octanol–water partition coefficient (Wildman–Crippen LogP) is 0.939. The van der Waals surface area contributed by atoms with Gasteiger partial charge in [0.25, 0.3) is 0 Å². The Hall–Kier alpha value is -2.85. The first-order valence-electron chi connectivity index (χ1n) is 6.34. The van der Waals surface area contributed by atoms with E-state index in [0.29, 0.717) is 35.0 Å². The summed E-state index contributed by atoms with van der Waals surface area (Å²) in [5.41, 5.74) is 7.02. The molecule has 7 heteroatoms. The van der Waals surface area contributed by atoms with Crippen LogP contribution in [-0.2, 0) is 7.05 Å². The molecule has 0 fully saturated rings. The van der Waals surface area contributed by atoms with Crippen molar-refractivity contribution in [3.8, 4) is 23.4 Å². The van der Waals surface area contributed by atoms with E-state index in [1.807, 2.05) is 13.1 Å². The normalized spacial score (nSPS) is 10.6. The smallest absolute Gasteiger partial charge is 0.208 e. The van der Waals surface area contributed by atoms with Gasteiger partial charge in [-0.1, -0.05) is 5.92 Å². The lowest BCUT2D eigenvalue weighted by atomic mass is 10.4. The van der Waals surface area contributed by atoms with Crippen LogP contribution >= 0.6 is 0 Å². The number of aliphatic hydroxyl groups is 1. The summed E-state index contributed by atoms with van der Waals surface area (Å²) in [5, 5.41) is 8.73. The maximum absolute atomic E-state index is 8.73.